The largest absolute Gasteiger partial charge is 0.352 e. The Hall–Kier alpha value is -1.62. The second kappa shape index (κ2) is 6.70. The fraction of sp³-hybridized carbons (Fsp3) is 0.600. The van der Waals surface area contributed by atoms with Gasteiger partial charge in [-0.15, -0.1) is 0 Å². The fourth-order valence-electron chi connectivity index (χ4n) is 1.96. The van der Waals surface area contributed by atoms with Crippen molar-refractivity contribution < 1.29 is 4.79 Å². The predicted molar refractivity (Wildman–Crippen MR) is 80.6 cm³/mol. The van der Waals surface area contributed by atoms with Gasteiger partial charge in [0, 0.05) is 31.9 Å². The van der Waals surface area contributed by atoms with Gasteiger partial charge in [0.05, 0.1) is 6.54 Å². The summed E-state index contributed by atoms with van der Waals surface area (Å²) < 4.78 is 0. The van der Waals surface area contributed by atoms with Crippen molar-refractivity contribution in [2.45, 2.75) is 45.3 Å². The van der Waals surface area contributed by atoms with Crippen LogP contribution in [-0.4, -0.2) is 36.6 Å². The van der Waals surface area contributed by atoms with Gasteiger partial charge in [-0.2, -0.15) is 0 Å². The van der Waals surface area contributed by atoms with Crippen LogP contribution in [0.5, 0.6) is 0 Å². The van der Waals surface area contributed by atoms with Crippen LogP contribution < -0.4 is 15.5 Å². The minimum atomic E-state index is 0.0174. The molecule has 20 heavy (non-hydrogen) atoms. The number of carbonyl (C=O) groups excluding carboxylic acids is 1. The van der Waals surface area contributed by atoms with Crippen LogP contribution in [0, 0.1) is 0 Å². The van der Waals surface area contributed by atoms with Gasteiger partial charge in [0.1, 0.15) is 5.82 Å². The summed E-state index contributed by atoms with van der Waals surface area (Å²) >= 11 is 0. The Kier molecular flexibility index (Phi) is 4.95. The molecule has 0 bridgehead atoms. The van der Waals surface area contributed by atoms with Crippen LogP contribution in [-0.2, 0) is 11.3 Å². The lowest BCUT2D eigenvalue weighted by atomic mass is 10.2. The topological polar surface area (TPSA) is 57.3 Å². The summed E-state index contributed by atoms with van der Waals surface area (Å²) in [6, 6.07) is 4.90. The minimum absolute atomic E-state index is 0.0174. The molecule has 1 aromatic heterocycles. The zero-order valence-electron chi connectivity index (χ0n) is 12.5. The van der Waals surface area contributed by atoms with Crippen LogP contribution in [0.2, 0.25) is 0 Å². The molecule has 110 valence electrons. The second-order valence-electron chi connectivity index (χ2n) is 5.76. The highest BCUT2D eigenvalue weighted by Crippen LogP contribution is 2.19. The monoisotopic (exact) mass is 276 g/mol. The average Bonchev–Trinajstić information content (AvgIpc) is 3.19. The van der Waals surface area contributed by atoms with E-state index in [1.165, 1.54) is 18.4 Å². The number of aromatic nitrogens is 1. The number of amides is 1. The Morgan fingerprint density at radius 3 is 2.75 bits per heavy atom. The Labute approximate surface area is 120 Å². The maximum Gasteiger partial charge on any atom is 0.239 e. The first-order chi connectivity index (χ1) is 9.54. The van der Waals surface area contributed by atoms with Gasteiger partial charge in [-0.1, -0.05) is 6.07 Å². The van der Waals surface area contributed by atoms with Crippen molar-refractivity contribution in [3.05, 3.63) is 23.9 Å². The molecule has 2 N–H and O–H groups in total. The molecule has 1 aliphatic rings. The van der Waals surface area contributed by atoms with Gasteiger partial charge in [-0.3, -0.25) is 4.79 Å². The van der Waals surface area contributed by atoms with Crippen LogP contribution in [0.15, 0.2) is 18.3 Å². The van der Waals surface area contributed by atoms with Crippen molar-refractivity contribution in [1.82, 2.24) is 15.6 Å². The molecule has 2 rings (SSSR count). The molecule has 1 aliphatic carbocycles. The standard InChI is InChI=1S/C15H24N4O/c1-11(2)18-15(20)10-19(3)14-7-4-12(9-17-14)8-16-13-5-6-13/h4,7,9,11,13,16H,5-6,8,10H2,1-3H3,(H,18,20). The van der Waals surface area contributed by atoms with Crippen LogP contribution in [0.1, 0.15) is 32.3 Å². The van der Waals surface area contributed by atoms with E-state index in [-0.39, 0.29) is 11.9 Å². The van der Waals surface area contributed by atoms with Gasteiger partial charge in [0.15, 0.2) is 0 Å². The number of nitrogens with zero attached hydrogens (tertiary/aromatic N) is 2. The number of anilines is 1. The van der Waals surface area contributed by atoms with Crippen molar-refractivity contribution in [3.63, 3.8) is 0 Å². The lowest BCUT2D eigenvalue weighted by Crippen LogP contribution is -2.38. The van der Waals surface area contributed by atoms with Crippen molar-refractivity contribution >= 4 is 11.7 Å². The summed E-state index contributed by atoms with van der Waals surface area (Å²) in [5, 5.41) is 6.33. The maximum absolute atomic E-state index is 11.7. The third kappa shape index (κ3) is 4.81. The van der Waals surface area contributed by atoms with E-state index in [1.54, 1.807) is 0 Å². The van der Waals surface area contributed by atoms with E-state index in [9.17, 15) is 4.79 Å². The van der Waals surface area contributed by atoms with E-state index >= 15 is 0 Å². The molecular weight excluding hydrogens is 252 g/mol. The number of likely N-dealkylation sites (N-methyl/N-ethyl adjacent to an activating group) is 1. The fourth-order valence-corrected chi connectivity index (χ4v) is 1.96. The third-order valence-electron chi connectivity index (χ3n) is 3.20. The average molecular weight is 276 g/mol. The zero-order valence-corrected chi connectivity index (χ0v) is 12.5. The number of rotatable bonds is 7. The Morgan fingerprint density at radius 1 is 1.45 bits per heavy atom. The molecular formula is C15H24N4O. The van der Waals surface area contributed by atoms with Crippen LogP contribution in [0.4, 0.5) is 5.82 Å². The molecule has 0 aliphatic heterocycles. The van der Waals surface area contributed by atoms with Gasteiger partial charge in [-0.05, 0) is 38.3 Å². The molecule has 0 atom stereocenters. The van der Waals surface area contributed by atoms with E-state index in [2.05, 4.69) is 21.7 Å². The van der Waals surface area contributed by atoms with Crippen molar-refractivity contribution in [2.24, 2.45) is 0 Å². The molecule has 0 spiro atoms. The predicted octanol–water partition coefficient (Wildman–Crippen LogP) is 1.29. The quantitative estimate of drug-likeness (QED) is 0.788. The van der Waals surface area contributed by atoms with E-state index in [4.69, 9.17) is 0 Å². The molecule has 1 fully saturated rings. The summed E-state index contributed by atoms with van der Waals surface area (Å²) in [5.74, 6) is 0.836. The maximum atomic E-state index is 11.7. The van der Waals surface area contributed by atoms with Gasteiger partial charge < -0.3 is 15.5 Å². The molecule has 0 unspecified atom stereocenters. The molecule has 1 amide bonds. The van der Waals surface area contributed by atoms with Gasteiger partial charge >= 0.3 is 0 Å². The smallest absolute Gasteiger partial charge is 0.239 e. The first kappa shape index (κ1) is 14.8. The van der Waals surface area contributed by atoms with Crippen LogP contribution in [0.25, 0.3) is 0 Å². The summed E-state index contributed by atoms with van der Waals surface area (Å²) in [5.41, 5.74) is 1.18. The van der Waals surface area contributed by atoms with E-state index < -0.39 is 0 Å². The summed E-state index contributed by atoms with van der Waals surface area (Å²) in [7, 11) is 1.88. The van der Waals surface area contributed by atoms with Crippen LogP contribution >= 0.6 is 0 Å². The van der Waals surface area contributed by atoms with Crippen molar-refractivity contribution in [2.75, 3.05) is 18.5 Å². The van der Waals surface area contributed by atoms with Crippen molar-refractivity contribution in [1.29, 1.82) is 0 Å². The highest BCUT2D eigenvalue weighted by molar-refractivity contribution is 5.81. The Morgan fingerprint density at radius 2 is 2.20 bits per heavy atom. The molecule has 5 nitrogen and oxygen atoms in total. The van der Waals surface area contributed by atoms with E-state index in [1.807, 2.05) is 38.1 Å². The molecule has 0 aromatic carbocycles. The zero-order chi connectivity index (χ0) is 14.5. The summed E-state index contributed by atoms with van der Waals surface area (Å²) in [4.78, 5) is 18.0. The number of nitrogens with one attached hydrogen (secondary N) is 2. The Balaban J connectivity index is 1.82. The van der Waals surface area contributed by atoms with Crippen LogP contribution in [0.3, 0.4) is 0 Å². The summed E-state index contributed by atoms with van der Waals surface area (Å²) in [6.45, 7) is 5.11. The number of hydrogen-bond donors (Lipinski definition) is 2. The second-order valence-corrected chi connectivity index (χ2v) is 5.76. The van der Waals surface area contributed by atoms with Gasteiger partial charge in [0.2, 0.25) is 5.91 Å². The molecule has 0 radical (unpaired) electrons. The van der Waals surface area contributed by atoms with Gasteiger partial charge in [0.25, 0.3) is 0 Å². The molecule has 1 heterocycles. The normalized spacial score (nSPS) is 14.4. The number of pyridine rings is 1. The number of carbonyl (C=O) groups is 1. The SMILES string of the molecule is CC(C)NC(=O)CN(C)c1ccc(CNC2CC2)cn1. The summed E-state index contributed by atoms with van der Waals surface area (Å²) in [6.07, 6.45) is 4.46. The first-order valence-corrected chi connectivity index (χ1v) is 7.23. The molecule has 1 saturated carbocycles. The lowest BCUT2D eigenvalue weighted by Gasteiger charge is -2.19. The highest BCUT2D eigenvalue weighted by Gasteiger charge is 2.19. The lowest BCUT2D eigenvalue weighted by molar-refractivity contribution is -0.120. The van der Waals surface area contributed by atoms with E-state index in [0.29, 0.717) is 12.6 Å². The first-order valence-electron chi connectivity index (χ1n) is 7.23. The Bertz CT molecular complexity index is 440. The molecule has 1 aromatic rings. The van der Waals surface area contributed by atoms with Gasteiger partial charge in [-0.25, -0.2) is 4.98 Å². The molecule has 0 saturated heterocycles. The highest BCUT2D eigenvalue weighted by atomic mass is 16.2. The number of hydrogen-bond acceptors (Lipinski definition) is 4. The molecule has 5 heteroatoms. The third-order valence-corrected chi connectivity index (χ3v) is 3.20. The minimum Gasteiger partial charge on any atom is -0.352 e. The van der Waals surface area contributed by atoms with Crippen molar-refractivity contribution in [3.8, 4) is 0 Å². The van der Waals surface area contributed by atoms with E-state index in [0.717, 1.165) is 12.4 Å².